The molecule has 2 aromatic heterocycles. The topological polar surface area (TPSA) is 42.7 Å². The van der Waals surface area contributed by atoms with E-state index in [1.807, 2.05) is 24.0 Å². The fraction of sp³-hybridized carbons (Fsp3) is 0.467. The van der Waals surface area contributed by atoms with Gasteiger partial charge >= 0.3 is 0 Å². The average molecular weight is 276 g/mol. The summed E-state index contributed by atoms with van der Waals surface area (Å²) in [5.74, 6) is -0.260. The SMILES string of the molecule is CCCNC(Cc1cnn(CC)c1)c1ccncc1F. The van der Waals surface area contributed by atoms with Crippen molar-refractivity contribution in [1.29, 1.82) is 0 Å². The van der Waals surface area contributed by atoms with E-state index in [4.69, 9.17) is 0 Å². The normalized spacial score (nSPS) is 12.6. The molecular weight excluding hydrogens is 255 g/mol. The van der Waals surface area contributed by atoms with Crippen molar-refractivity contribution in [2.75, 3.05) is 6.54 Å². The van der Waals surface area contributed by atoms with Crippen LogP contribution in [0.15, 0.2) is 30.9 Å². The standard InChI is InChI=1S/C15H21FN4/c1-3-6-18-15(13-5-7-17-10-14(13)16)8-12-9-19-20(4-2)11-12/h5,7,9-11,15,18H,3-4,6,8H2,1-2H3. The second kappa shape index (κ2) is 7.14. The van der Waals surface area contributed by atoms with Crippen LogP contribution in [0.5, 0.6) is 0 Å². The third-order valence-corrected chi connectivity index (χ3v) is 3.27. The summed E-state index contributed by atoms with van der Waals surface area (Å²) < 4.78 is 15.8. The van der Waals surface area contributed by atoms with E-state index in [1.165, 1.54) is 6.20 Å². The first-order valence-corrected chi connectivity index (χ1v) is 7.08. The largest absolute Gasteiger partial charge is 0.310 e. The van der Waals surface area contributed by atoms with Crippen LogP contribution in [-0.4, -0.2) is 21.3 Å². The summed E-state index contributed by atoms with van der Waals surface area (Å²) in [5.41, 5.74) is 1.77. The Morgan fingerprint density at radius 2 is 2.20 bits per heavy atom. The number of aryl methyl sites for hydroxylation is 1. The van der Waals surface area contributed by atoms with Gasteiger partial charge in [-0.2, -0.15) is 5.10 Å². The summed E-state index contributed by atoms with van der Waals surface area (Å²) in [7, 11) is 0. The van der Waals surface area contributed by atoms with E-state index in [0.717, 1.165) is 31.5 Å². The highest BCUT2D eigenvalue weighted by molar-refractivity contribution is 5.20. The third-order valence-electron chi connectivity index (χ3n) is 3.27. The minimum atomic E-state index is -0.260. The summed E-state index contributed by atoms with van der Waals surface area (Å²) in [5, 5.41) is 7.66. The molecule has 1 unspecified atom stereocenters. The number of pyridine rings is 1. The molecule has 1 atom stereocenters. The zero-order valence-corrected chi connectivity index (χ0v) is 12.0. The molecular formula is C15H21FN4. The minimum Gasteiger partial charge on any atom is -0.310 e. The summed E-state index contributed by atoms with van der Waals surface area (Å²) >= 11 is 0. The monoisotopic (exact) mass is 276 g/mol. The van der Waals surface area contributed by atoms with Crippen molar-refractivity contribution in [2.45, 2.75) is 39.3 Å². The lowest BCUT2D eigenvalue weighted by Crippen LogP contribution is -2.25. The van der Waals surface area contributed by atoms with Crippen molar-refractivity contribution in [3.8, 4) is 0 Å². The van der Waals surface area contributed by atoms with E-state index < -0.39 is 0 Å². The lowest BCUT2D eigenvalue weighted by atomic mass is 10.0. The number of hydrogen-bond acceptors (Lipinski definition) is 3. The van der Waals surface area contributed by atoms with Gasteiger partial charge in [0.25, 0.3) is 0 Å². The van der Waals surface area contributed by atoms with Gasteiger partial charge in [-0.05, 0) is 37.9 Å². The number of rotatable bonds is 7. The Kier molecular flexibility index (Phi) is 5.24. The van der Waals surface area contributed by atoms with Gasteiger partial charge in [0.2, 0.25) is 0 Å². The van der Waals surface area contributed by atoms with Gasteiger partial charge in [-0.15, -0.1) is 0 Å². The Bertz CT molecular complexity index is 538. The summed E-state index contributed by atoms with van der Waals surface area (Å²) in [6.07, 6.45) is 8.50. The number of nitrogens with zero attached hydrogens (tertiary/aromatic N) is 3. The molecule has 0 aromatic carbocycles. The molecule has 0 spiro atoms. The zero-order valence-electron chi connectivity index (χ0n) is 12.0. The van der Waals surface area contributed by atoms with E-state index in [1.54, 1.807) is 12.3 Å². The van der Waals surface area contributed by atoms with Crippen molar-refractivity contribution < 1.29 is 4.39 Å². The van der Waals surface area contributed by atoms with Gasteiger partial charge in [0, 0.05) is 30.5 Å². The van der Waals surface area contributed by atoms with Gasteiger partial charge < -0.3 is 5.32 Å². The van der Waals surface area contributed by atoms with Crippen LogP contribution in [0.1, 0.15) is 37.4 Å². The Labute approximate surface area is 119 Å². The molecule has 0 saturated carbocycles. The van der Waals surface area contributed by atoms with Gasteiger partial charge in [0.15, 0.2) is 0 Å². The molecule has 0 saturated heterocycles. The minimum absolute atomic E-state index is 0.0487. The van der Waals surface area contributed by atoms with Crippen LogP contribution in [0.4, 0.5) is 4.39 Å². The van der Waals surface area contributed by atoms with Gasteiger partial charge in [-0.1, -0.05) is 6.92 Å². The van der Waals surface area contributed by atoms with Gasteiger partial charge in [-0.3, -0.25) is 9.67 Å². The fourth-order valence-corrected chi connectivity index (χ4v) is 2.20. The van der Waals surface area contributed by atoms with Crippen LogP contribution in [-0.2, 0) is 13.0 Å². The van der Waals surface area contributed by atoms with E-state index in [2.05, 4.69) is 22.3 Å². The number of halogens is 1. The van der Waals surface area contributed by atoms with Crippen molar-refractivity contribution in [2.24, 2.45) is 0 Å². The molecule has 0 aliphatic heterocycles. The van der Waals surface area contributed by atoms with Crippen molar-refractivity contribution >= 4 is 0 Å². The van der Waals surface area contributed by atoms with Crippen LogP contribution in [0.25, 0.3) is 0 Å². The number of hydrogen-bond donors (Lipinski definition) is 1. The molecule has 0 bridgehead atoms. The second-order valence-corrected chi connectivity index (χ2v) is 4.81. The average Bonchev–Trinajstić information content (AvgIpc) is 2.92. The quantitative estimate of drug-likeness (QED) is 0.845. The predicted molar refractivity (Wildman–Crippen MR) is 76.8 cm³/mol. The zero-order chi connectivity index (χ0) is 14.4. The molecule has 0 amide bonds. The second-order valence-electron chi connectivity index (χ2n) is 4.81. The summed E-state index contributed by atoms with van der Waals surface area (Å²) in [6, 6.07) is 1.69. The lowest BCUT2D eigenvalue weighted by Gasteiger charge is -2.18. The van der Waals surface area contributed by atoms with E-state index in [-0.39, 0.29) is 11.9 Å². The highest BCUT2D eigenvalue weighted by Gasteiger charge is 2.16. The van der Waals surface area contributed by atoms with Crippen molar-refractivity contribution in [3.05, 3.63) is 47.8 Å². The Hall–Kier alpha value is -1.75. The van der Waals surface area contributed by atoms with E-state index >= 15 is 0 Å². The number of aromatic nitrogens is 3. The molecule has 5 heteroatoms. The first-order chi connectivity index (χ1) is 9.74. The third kappa shape index (κ3) is 3.63. The molecule has 0 fully saturated rings. The smallest absolute Gasteiger partial charge is 0.146 e. The van der Waals surface area contributed by atoms with Crippen LogP contribution in [0, 0.1) is 5.82 Å². The Morgan fingerprint density at radius 3 is 2.85 bits per heavy atom. The maximum absolute atomic E-state index is 13.9. The van der Waals surface area contributed by atoms with Crippen LogP contribution in [0.3, 0.4) is 0 Å². The molecule has 4 nitrogen and oxygen atoms in total. The first-order valence-electron chi connectivity index (χ1n) is 7.08. The van der Waals surface area contributed by atoms with E-state index in [0.29, 0.717) is 5.56 Å². The highest BCUT2D eigenvalue weighted by atomic mass is 19.1. The highest BCUT2D eigenvalue weighted by Crippen LogP contribution is 2.20. The molecule has 1 N–H and O–H groups in total. The molecule has 20 heavy (non-hydrogen) atoms. The van der Waals surface area contributed by atoms with E-state index in [9.17, 15) is 4.39 Å². The molecule has 108 valence electrons. The molecule has 0 aliphatic carbocycles. The molecule has 2 aromatic rings. The Morgan fingerprint density at radius 1 is 1.35 bits per heavy atom. The lowest BCUT2D eigenvalue weighted by molar-refractivity contribution is 0.494. The Balaban J connectivity index is 2.17. The molecule has 2 heterocycles. The van der Waals surface area contributed by atoms with Gasteiger partial charge in [0.1, 0.15) is 5.82 Å². The number of nitrogens with one attached hydrogen (secondary N) is 1. The van der Waals surface area contributed by atoms with Crippen LogP contribution < -0.4 is 5.32 Å². The fourth-order valence-electron chi connectivity index (χ4n) is 2.20. The summed E-state index contributed by atoms with van der Waals surface area (Å²) in [6.45, 7) is 5.85. The van der Waals surface area contributed by atoms with Gasteiger partial charge in [-0.25, -0.2) is 4.39 Å². The molecule has 0 radical (unpaired) electrons. The van der Waals surface area contributed by atoms with Crippen molar-refractivity contribution in [3.63, 3.8) is 0 Å². The van der Waals surface area contributed by atoms with Gasteiger partial charge in [0.05, 0.1) is 12.4 Å². The van der Waals surface area contributed by atoms with Crippen molar-refractivity contribution in [1.82, 2.24) is 20.1 Å². The summed E-state index contributed by atoms with van der Waals surface area (Å²) in [4.78, 5) is 3.81. The molecule has 0 aliphatic rings. The maximum Gasteiger partial charge on any atom is 0.146 e. The molecule has 2 rings (SSSR count). The van der Waals surface area contributed by atoms with Crippen LogP contribution >= 0.6 is 0 Å². The van der Waals surface area contributed by atoms with Crippen LogP contribution in [0.2, 0.25) is 0 Å². The first kappa shape index (κ1) is 14.7. The maximum atomic E-state index is 13.9. The predicted octanol–water partition coefficient (Wildman–Crippen LogP) is 2.72.